The summed E-state index contributed by atoms with van der Waals surface area (Å²) in [5.74, 6) is -0.158. The molecule has 0 saturated carbocycles. The fourth-order valence-electron chi connectivity index (χ4n) is 3.62. The Labute approximate surface area is 177 Å². The molecule has 1 unspecified atom stereocenters. The minimum Gasteiger partial charge on any atom is -0.492 e. The SMILES string of the molecule is CCOC(CC)(Cc1ccc(OCCn2cccc2-c2ccccc2)cc1)C(=O)O. The van der Waals surface area contributed by atoms with Crippen LogP contribution in [0.3, 0.4) is 0 Å². The molecule has 1 aromatic heterocycles. The van der Waals surface area contributed by atoms with Gasteiger partial charge in [-0.3, -0.25) is 0 Å². The van der Waals surface area contributed by atoms with Crippen LogP contribution >= 0.6 is 0 Å². The highest BCUT2D eigenvalue weighted by Crippen LogP contribution is 2.24. The molecule has 0 aliphatic rings. The van der Waals surface area contributed by atoms with Crippen LogP contribution < -0.4 is 4.74 Å². The van der Waals surface area contributed by atoms with Crippen molar-refractivity contribution in [2.24, 2.45) is 0 Å². The Morgan fingerprint density at radius 1 is 1.00 bits per heavy atom. The molecule has 0 aliphatic carbocycles. The Morgan fingerprint density at radius 2 is 1.73 bits per heavy atom. The quantitative estimate of drug-likeness (QED) is 0.483. The van der Waals surface area contributed by atoms with E-state index in [0.29, 0.717) is 26.1 Å². The first kappa shape index (κ1) is 21.7. The van der Waals surface area contributed by atoms with Gasteiger partial charge in [0.2, 0.25) is 0 Å². The van der Waals surface area contributed by atoms with E-state index in [9.17, 15) is 9.90 Å². The molecule has 3 rings (SSSR count). The van der Waals surface area contributed by atoms with Crippen molar-refractivity contribution in [3.63, 3.8) is 0 Å². The fraction of sp³-hybridized carbons (Fsp3) is 0.320. The van der Waals surface area contributed by atoms with Gasteiger partial charge in [-0.1, -0.05) is 49.4 Å². The Hall–Kier alpha value is -3.05. The Kier molecular flexibility index (Phi) is 7.31. The number of carbonyl (C=O) groups is 1. The smallest absolute Gasteiger partial charge is 0.336 e. The maximum Gasteiger partial charge on any atom is 0.336 e. The van der Waals surface area contributed by atoms with Crippen molar-refractivity contribution < 1.29 is 19.4 Å². The van der Waals surface area contributed by atoms with Gasteiger partial charge in [-0.15, -0.1) is 0 Å². The Bertz CT molecular complexity index is 933. The third-order valence-corrected chi connectivity index (χ3v) is 5.29. The van der Waals surface area contributed by atoms with Gasteiger partial charge in [-0.05, 0) is 48.7 Å². The topological polar surface area (TPSA) is 60.7 Å². The van der Waals surface area contributed by atoms with Gasteiger partial charge in [0.05, 0.1) is 6.54 Å². The summed E-state index contributed by atoms with van der Waals surface area (Å²) in [6.45, 7) is 5.30. The molecule has 2 aromatic carbocycles. The number of ether oxygens (including phenoxy) is 2. The minimum atomic E-state index is -1.18. The number of aromatic nitrogens is 1. The third kappa shape index (κ3) is 5.10. The van der Waals surface area contributed by atoms with Crippen LogP contribution in [0.4, 0.5) is 0 Å². The van der Waals surface area contributed by atoms with Crippen LogP contribution in [0, 0.1) is 0 Å². The highest BCUT2D eigenvalue weighted by Gasteiger charge is 2.37. The van der Waals surface area contributed by atoms with Crippen molar-refractivity contribution in [3.05, 3.63) is 78.5 Å². The second-order valence-corrected chi connectivity index (χ2v) is 7.21. The summed E-state index contributed by atoms with van der Waals surface area (Å²) in [4.78, 5) is 11.7. The van der Waals surface area contributed by atoms with Crippen LogP contribution in [0.25, 0.3) is 11.3 Å². The van der Waals surface area contributed by atoms with Crippen molar-refractivity contribution in [3.8, 4) is 17.0 Å². The highest BCUT2D eigenvalue weighted by atomic mass is 16.5. The molecule has 1 N–H and O–H groups in total. The number of nitrogens with zero attached hydrogens (tertiary/aromatic N) is 1. The monoisotopic (exact) mass is 407 g/mol. The van der Waals surface area contributed by atoms with Crippen molar-refractivity contribution in [1.29, 1.82) is 0 Å². The van der Waals surface area contributed by atoms with Gasteiger partial charge >= 0.3 is 5.97 Å². The zero-order valence-electron chi connectivity index (χ0n) is 17.6. The van der Waals surface area contributed by atoms with Crippen molar-refractivity contribution in [2.45, 2.75) is 38.8 Å². The normalized spacial score (nSPS) is 13.0. The van der Waals surface area contributed by atoms with Crippen molar-refractivity contribution in [1.82, 2.24) is 4.57 Å². The van der Waals surface area contributed by atoms with E-state index in [1.165, 1.54) is 5.56 Å². The first-order valence-electron chi connectivity index (χ1n) is 10.4. The summed E-state index contributed by atoms with van der Waals surface area (Å²) in [5.41, 5.74) is 2.07. The standard InChI is InChI=1S/C25H29NO4/c1-3-25(24(27)28,30-4-2)19-20-12-14-22(15-13-20)29-18-17-26-16-8-11-23(26)21-9-6-5-7-10-21/h5-16H,3-4,17-19H2,1-2H3,(H,27,28). The van der Waals surface area contributed by atoms with Crippen LogP contribution in [0.5, 0.6) is 5.75 Å². The number of aliphatic carboxylic acids is 1. The van der Waals surface area contributed by atoms with Gasteiger partial charge in [0.1, 0.15) is 12.4 Å². The minimum absolute atomic E-state index is 0.330. The molecule has 158 valence electrons. The number of carboxylic acids is 1. The summed E-state index contributed by atoms with van der Waals surface area (Å²) in [7, 11) is 0. The first-order valence-corrected chi connectivity index (χ1v) is 10.4. The molecule has 30 heavy (non-hydrogen) atoms. The van der Waals surface area contributed by atoms with Gasteiger partial charge in [-0.25, -0.2) is 4.79 Å². The molecule has 3 aromatic rings. The molecule has 0 radical (unpaired) electrons. The molecule has 5 heteroatoms. The molecule has 0 spiro atoms. The summed E-state index contributed by atoms with van der Waals surface area (Å²) >= 11 is 0. The van der Waals surface area contributed by atoms with Crippen molar-refractivity contribution >= 4 is 5.97 Å². The predicted molar refractivity (Wildman–Crippen MR) is 118 cm³/mol. The molecule has 0 aliphatic heterocycles. The molecule has 0 amide bonds. The van der Waals surface area contributed by atoms with E-state index in [2.05, 4.69) is 29.0 Å². The molecule has 0 saturated heterocycles. The average Bonchev–Trinajstić information content (AvgIpc) is 3.23. The molecule has 0 fully saturated rings. The Morgan fingerprint density at radius 3 is 2.37 bits per heavy atom. The maximum atomic E-state index is 11.7. The van der Waals surface area contributed by atoms with E-state index in [4.69, 9.17) is 9.47 Å². The van der Waals surface area contributed by atoms with Gasteiger partial charge < -0.3 is 19.1 Å². The van der Waals surface area contributed by atoms with Crippen LogP contribution in [-0.4, -0.2) is 34.5 Å². The van der Waals surface area contributed by atoms with E-state index in [1.807, 2.05) is 62.4 Å². The number of hydrogen-bond acceptors (Lipinski definition) is 3. The summed E-state index contributed by atoms with van der Waals surface area (Å²) in [6.07, 6.45) is 2.80. The zero-order chi connectivity index (χ0) is 21.4. The van der Waals surface area contributed by atoms with Gasteiger partial charge in [0, 0.05) is 24.9 Å². The van der Waals surface area contributed by atoms with Gasteiger partial charge in [0.15, 0.2) is 5.60 Å². The zero-order valence-corrected chi connectivity index (χ0v) is 17.6. The molecular formula is C25H29NO4. The number of hydrogen-bond donors (Lipinski definition) is 1. The fourth-order valence-corrected chi connectivity index (χ4v) is 3.62. The lowest BCUT2D eigenvalue weighted by molar-refractivity contribution is -0.166. The lowest BCUT2D eigenvalue weighted by Gasteiger charge is -2.28. The Balaban J connectivity index is 1.58. The summed E-state index contributed by atoms with van der Waals surface area (Å²) in [5, 5.41) is 9.63. The van der Waals surface area contributed by atoms with Crippen LogP contribution in [0.2, 0.25) is 0 Å². The molecular weight excluding hydrogens is 378 g/mol. The lowest BCUT2D eigenvalue weighted by atomic mass is 9.91. The predicted octanol–water partition coefficient (Wildman–Crippen LogP) is 5.05. The van der Waals surface area contributed by atoms with Gasteiger partial charge in [-0.2, -0.15) is 0 Å². The van der Waals surface area contributed by atoms with Crippen LogP contribution in [0.15, 0.2) is 72.9 Å². The third-order valence-electron chi connectivity index (χ3n) is 5.29. The highest BCUT2D eigenvalue weighted by molar-refractivity contribution is 5.78. The van der Waals surface area contributed by atoms with E-state index < -0.39 is 11.6 Å². The molecule has 5 nitrogen and oxygen atoms in total. The first-order chi connectivity index (χ1) is 14.6. The number of carboxylic acid groups (broad SMARTS) is 1. The molecule has 1 atom stereocenters. The summed E-state index contributed by atoms with van der Waals surface area (Å²) in [6, 6.07) is 22.0. The molecule has 1 heterocycles. The maximum absolute atomic E-state index is 11.7. The van der Waals surface area contributed by atoms with Gasteiger partial charge in [0.25, 0.3) is 0 Å². The second kappa shape index (κ2) is 10.1. The van der Waals surface area contributed by atoms with Crippen LogP contribution in [0.1, 0.15) is 25.8 Å². The van der Waals surface area contributed by atoms with E-state index >= 15 is 0 Å². The van der Waals surface area contributed by atoms with E-state index in [-0.39, 0.29) is 0 Å². The second-order valence-electron chi connectivity index (χ2n) is 7.21. The summed E-state index contributed by atoms with van der Waals surface area (Å²) < 4.78 is 13.7. The number of benzene rings is 2. The van der Waals surface area contributed by atoms with E-state index in [0.717, 1.165) is 23.6 Å². The molecule has 0 bridgehead atoms. The largest absolute Gasteiger partial charge is 0.492 e. The number of rotatable bonds is 11. The average molecular weight is 408 g/mol. The van der Waals surface area contributed by atoms with E-state index in [1.54, 1.807) is 0 Å². The van der Waals surface area contributed by atoms with Crippen LogP contribution in [-0.2, 0) is 22.5 Å². The van der Waals surface area contributed by atoms with Crippen molar-refractivity contribution in [2.75, 3.05) is 13.2 Å². The lowest BCUT2D eigenvalue weighted by Crippen LogP contribution is -2.43.